The zero-order chi connectivity index (χ0) is 15.8. The summed E-state index contributed by atoms with van der Waals surface area (Å²) in [5.41, 5.74) is 5.01. The van der Waals surface area contributed by atoms with Crippen molar-refractivity contribution in [1.29, 1.82) is 0 Å². The Morgan fingerprint density at radius 1 is 1.45 bits per heavy atom. The van der Waals surface area contributed by atoms with Crippen LogP contribution in [0.1, 0.15) is 47.0 Å². The van der Waals surface area contributed by atoms with Crippen LogP contribution in [0.3, 0.4) is 0 Å². The van der Waals surface area contributed by atoms with E-state index in [0.29, 0.717) is 19.8 Å². The summed E-state index contributed by atoms with van der Waals surface area (Å²) in [7, 11) is 1.63. The lowest BCUT2D eigenvalue weighted by Gasteiger charge is -2.32. The molecule has 1 amide bonds. The van der Waals surface area contributed by atoms with Gasteiger partial charge in [-0.3, -0.25) is 4.79 Å². The molecule has 0 aromatic heterocycles. The van der Waals surface area contributed by atoms with Gasteiger partial charge in [-0.05, 0) is 6.42 Å². The van der Waals surface area contributed by atoms with Gasteiger partial charge in [0.05, 0.1) is 19.3 Å². The van der Waals surface area contributed by atoms with Crippen molar-refractivity contribution in [1.82, 2.24) is 4.90 Å². The zero-order valence-electron chi connectivity index (χ0n) is 14.0. The Bertz CT molecular complexity index is 211. The van der Waals surface area contributed by atoms with E-state index in [1.165, 1.54) is 12.8 Å². The van der Waals surface area contributed by atoms with Crippen LogP contribution in [-0.4, -0.2) is 56.9 Å². The van der Waals surface area contributed by atoms with Gasteiger partial charge in [0.1, 0.15) is 0 Å². The van der Waals surface area contributed by atoms with Crippen LogP contribution >= 0.6 is 0 Å². The Hall–Kier alpha value is -0.650. The van der Waals surface area contributed by atoms with Gasteiger partial charge < -0.3 is 20.1 Å². The van der Waals surface area contributed by atoms with Crippen molar-refractivity contribution in [3.8, 4) is 0 Å². The molecule has 0 aromatic carbocycles. The SMILES string of the molecule is CC.CCCCC1CN(C(C)=O)CCO1.COCCN. The van der Waals surface area contributed by atoms with Gasteiger partial charge in [-0.2, -0.15) is 0 Å². The number of rotatable bonds is 5. The third-order valence-electron chi connectivity index (χ3n) is 2.79. The lowest BCUT2D eigenvalue weighted by Crippen LogP contribution is -2.44. The minimum atomic E-state index is 0.171. The lowest BCUT2D eigenvalue weighted by atomic mass is 10.1. The van der Waals surface area contributed by atoms with Crippen LogP contribution in [0.2, 0.25) is 0 Å². The number of ether oxygens (including phenoxy) is 2. The molecular weight excluding hydrogens is 256 g/mol. The number of nitrogens with zero attached hydrogens (tertiary/aromatic N) is 1. The van der Waals surface area contributed by atoms with Crippen molar-refractivity contribution in [2.75, 3.05) is 40.0 Å². The predicted molar refractivity (Wildman–Crippen MR) is 83.8 cm³/mol. The van der Waals surface area contributed by atoms with Gasteiger partial charge in [0, 0.05) is 33.7 Å². The Balaban J connectivity index is 0. The van der Waals surface area contributed by atoms with E-state index in [4.69, 9.17) is 10.5 Å². The molecule has 2 N–H and O–H groups in total. The van der Waals surface area contributed by atoms with E-state index in [0.717, 1.165) is 19.5 Å². The predicted octanol–water partition coefficient (Wildman–Crippen LogP) is 2.04. The fourth-order valence-corrected chi connectivity index (χ4v) is 1.73. The van der Waals surface area contributed by atoms with Crippen LogP contribution in [0.5, 0.6) is 0 Å². The summed E-state index contributed by atoms with van der Waals surface area (Å²) in [6.07, 6.45) is 3.74. The lowest BCUT2D eigenvalue weighted by molar-refractivity contribution is -0.136. The molecule has 1 heterocycles. The molecular formula is C15H34N2O3. The minimum Gasteiger partial charge on any atom is -0.383 e. The standard InChI is InChI=1S/C10H19NO2.C3H9NO.C2H6/c1-3-4-5-10-8-11(9(2)12)6-7-13-10;1-5-3-2-4;1-2/h10H,3-8H2,1-2H3;2-4H2,1H3;1-2H3. The molecule has 0 radical (unpaired) electrons. The van der Waals surface area contributed by atoms with Crippen LogP contribution < -0.4 is 5.73 Å². The van der Waals surface area contributed by atoms with Gasteiger partial charge >= 0.3 is 0 Å². The molecule has 1 fully saturated rings. The maximum atomic E-state index is 11.1. The van der Waals surface area contributed by atoms with E-state index in [1.54, 1.807) is 14.0 Å². The first-order valence-electron chi connectivity index (χ1n) is 7.71. The van der Waals surface area contributed by atoms with E-state index in [9.17, 15) is 4.79 Å². The maximum Gasteiger partial charge on any atom is 0.219 e. The fraction of sp³-hybridized carbons (Fsp3) is 0.933. The highest BCUT2D eigenvalue weighted by Gasteiger charge is 2.21. The highest BCUT2D eigenvalue weighted by atomic mass is 16.5. The van der Waals surface area contributed by atoms with Gasteiger partial charge in [-0.15, -0.1) is 0 Å². The van der Waals surface area contributed by atoms with E-state index in [-0.39, 0.29) is 12.0 Å². The van der Waals surface area contributed by atoms with Gasteiger partial charge in [0.25, 0.3) is 0 Å². The first-order chi connectivity index (χ1) is 9.65. The highest BCUT2D eigenvalue weighted by molar-refractivity contribution is 5.73. The molecule has 1 atom stereocenters. The number of carbonyl (C=O) groups excluding carboxylic acids is 1. The molecule has 5 heteroatoms. The highest BCUT2D eigenvalue weighted by Crippen LogP contribution is 2.11. The summed E-state index contributed by atoms with van der Waals surface area (Å²) in [6, 6.07) is 0. The summed E-state index contributed by atoms with van der Waals surface area (Å²) in [6.45, 7) is 11.3. The number of morpholine rings is 1. The largest absolute Gasteiger partial charge is 0.383 e. The normalized spacial score (nSPS) is 17.5. The first kappa shape index (κ1) is 21.6. The summed E-state index contributed by atoms with van der Waals surface area (Å²) < 4.78 is 10.1. The van der Waals surface area contributed by atoms with Gasteiger partial charge in [-0.1, -0.05) is 33.6 Å². The number of hydrogen-bond acceptors (Lipinski definition) is 4. The molecule has 1 saturated heterocycles. The van der Waals surface area contributed by atoms with Crippen LogP contribution in [0.15, 0.2) is 0 Å². The molecule has 1 aliphatic heterocycles. The Labute approximate surface area is 124 Å². The zero-order valence-corrected chi connectivity index (χ0v) is 14.0. The fourth-order valence-electron chi connectivity index (χ4n) is 1.73. The maximum absolute atomic E-state index is 11.1. The molecule has 1 rings (SSSR count). The number of amides is 1. The second kappa shape index (κ2) is 16.4. The number of nitrogens with two attached hydrogens (primary N) is 1. The van der Waals surface area contributed by atoms with Crippen molar-refractivity contribution < 1.29 is 14.3 Å². The van der Waals surface area contributed by atoms with E-state index < -0.39 is 0 Å². The summed E-state index contributed by atoms with van der Waals surface area (Å²) in [5.74, 6) is 0.171. The van der Waals surface area contributed by atoms with E-state index >= 15 is 0 Å². The van der Waals surface area contributed by atoms with Crippen LogP contribution in [0.4, 0.5) is 0 Å². The molecule has 1 unspecified atom stereocenters. The average molecular weight is 290 g/mol. The van der Waals surface area contributed by atoms with Gasteiger partial charge in [0.2, 0.25) is 5.91 Å². The van der Waals surface area contributed by atoms with E-state index in [1.807, 2.05) is 18.7 Å². The number of carbonyl (C=O) groups is 1. The quantitative estimate of drug-likeness (QED) is 0.841. The van der Waals surface area contributed by atoms with Crippen molar-refractivity contribution in [3.63, 3.8) is 0 Å². The third-order valence-corrected chi connectivity index (χ3v) is 2.79. The Kier molecular flexibility index (Phi) is 17.8. The van der Waals surface area contributed by atoms with Crippen molar-refractivity contribution in [3.05, 3.63) is 0 Å². The Morgan fingerprint density at radius 3 is 2.50 bits per heavy atom. The third kappa shape index (κ3) is 12.4. The second-order valence-electron chi connectivity index (χ2n) is 4.38. The van der Waals surface area contributed by atoms with Crippen molar-refractivity contribution in [2.24, 2.45) is 5.73 Å². The molecule has 0 aromatic rings. The summed E-state index contributed by atoms with van der Waals surface area (Å²) in [4.78, 5) is 13.0. The number of methoxy groups -OCH3 is 1. The van der Waals surface area contributed by atoms with Crippen LogP contribution in [-0.2, 0) is 14.3 Å². The molecule has 5 nitrogen and oxygen atoms in total. The van der Waals surface area contributed by atoms with Crippen LogP contribution in [0, 0.1) is 0 Å². The molecule has 0 spiro atoms. The molecule has 122 valence electrons. The topological polar surface area (TPSA) is 64.8 Å². The smallest absolute Gasteiger partial charge is 0.219 e. The second-order valence-corrected chi connectivity index (χ2v) is 4.38. The van der Waals surface area contributed by atoms with E-state index in [2.05, 4.69) is 11.7 Å². The number of hydrogen-bond donors (Lipinski definition) is 1. The van der Waals surface area contributed by atoms with Crippen LogP contribution in [0.25, 0.3) is 0 Å². The van der Waals surface area contributed by atoms with Gasteiger partial charge in [-0.25, -0.2) is 0 Å². The molecule has 20 heavy (non-hydrogen) atoms. The molecule has 0 bridgehead atoms. The average Bonchev–Trinajstić information content (AvgIpc) is 2.49. The summed E-state index contributed by atoms with van der Waals surface area (Å²) in [5, 5.41) is 0. The minimum absolute atomic E-state index is 0.171. The van der Waals surface area contributed by atoms with Crippen molar-refractivity contribution in [2.45, 2.75) is 53.1 Å². The monoisotopic (exact) mass is 290 g/mol. The van der Waals surface area contributed by atoms with Crippen molar-refractivity contribution >= 4 is 5.91 Å². The molecule has 0 aliphatic carbocycles. The first-order valence-corrected chi connectivity index (χ1v) is 7.71. The number of unbranched alkanes of at least 4 members (excludes halogenated alkanes) is 1. The Morgan fingerprint density at radius 2 is 2.10 bits per heavy atom. The van der Waals surface area contributed by atoms with Gasteiger partial charge in [0.15, 0.2) is 0 Å². The molecule has 1 aliphatic rings. The molecule has 0 saturated carbocycles. The summed E-state index contributed by atoms with van der Waals surface area (Å²) >= 11 is 0.